The Morgan fingerprint density at radius 3 is 2.92 bits per heavy atom. The second kappa shape index (κ2) is 7.00. The molecule has 0 radical (unpaired) electrons. The van der Waals surface area contributed by atoms with Gasteiger partial charge in [-0.15, -0.1) is 11.3 Å². The van der Waals surface area contributed by atoms with Crippen LogP contribution in [0.15, 0.2) is 28.7 Å². The number of benzene rings is 1. The first-order valence-electron chi connectivity index (χ1n) is 8.82. The first kappa shape index (κ1) is 17.5. The van der Waals surface area contributed by atoms with E-state index in [-0.39, 0.29) is 5.91 Å². The predicted molar refractivity (Wildman–Crippen MR) is 112 cm³/mol. The molecule has 1 aliphatic rings. The van der Waals surface area contributed by atoms with Gasteiger partial charge >= 0.3 is 0 Å². The van der Waals surface area contributed by atoms with E-state index in [9.17, 15) is 4.79 Å². The fourth-order valence-corrected chi connectivity index (χ4v) is 4.78. The number of rotatable bonds is 2. The molecule has 4 nitrogen and oxygen atoms in total. The fraction of sp³-hybridized carbons (Fsp3) is 0.300. The van der Waals surface area contributed by atoms with Crippen molar-refractivity contribution in [2.75, 3.05) is 11.1 Å². The van der Waals surface area contributed by atoms with E-state index in [1.54, 1.807) is 0 Å². The number of nitrogens with one attached hydrogen (secondary N) is 1. The van der Waals surface area contributed by atoms with Crippen LogP contribution in [0.5, 0.6) is 0 Å². The number of aromatic nitrogens is 1. The number of pyridine rings is 1. The Labute approximate surface area is 164 Å². The van der Waals surface area contributed by atoms with Crippen LogP contribution >= 0.6 is 27.3 Å². The number of carbonyl (C=O) groups is 1. The molecule has 0 spiro atoms. The first-order valence-corrected chi connectivity index (χ1v) is 10.4. The molecule has 0 saturated carbocycles. The third-order valence-electron chi connectivity index (χ3n) is 4.97. The van der Waals surface area contributed by atoms with Gasteiger partial charge in [-0.2, -0.15) is 0 Å². The molecule has 4 rings (SSSR count). The van der Waals surface area contributed by atoms with E-state index in [1.807, 2.05) is 25.1 Å². The van der Waals surface area contributed by atoms with Gasteiger partial charge in [-0.1, -0.05) is 28.4 Å². The molecule has 0 aliphatic heterocycles. The van der Waals surface area contributed by atoms with Crippen molar-refractivity contribution in [1.29, 1.82) is 0 Å². The zero-order valence-corrected chi connectivity index (χ0v) is 17.0. The number of anilines is 2. The Bertz CT molecular complexity index is 1010. The van der Waals surface area contributed by atoms with Crippen LogP contribution in [0.4, 0.5) is 11.4 Å². The minimum atomic E-state index is -0.179. The molecule has 1 aromatic carbocycles. The highest BCUT2D eigenvalue weighted by Gasteiger charge is 2.20. The Morgan fingerprint density at radius 2 is 2.08 bits per heavy atom. The monoisotopic (exact) mass is 429 g/mol. The third-order valence-corrected chi connectivity index (χ3v) is 6.94. The number of fused-ring (bicyclic) bond motifs is 2. The standard InChI is InChI=1S/C20H20BrN3OS/c1-11-14(21)7-5-9-15(11)23-19(25)18-17(22)13-10-12-6-3-2-4-8-16(12)24-20(13)26-18/h5,7,9-10H,2-4,6,8,22H2,1H3,(H,23,25). The summed E-state index contributed by atoms with van der Waals surface area (Å²) in [5.74, 6) is -0.179. The van der Waals surface area contributed by atoms with Crippen molar-refractivity contribution in [1.82, 2.24) is 4.98 Å². The van der Waals surface area contributed by atoms with E-state index in [4.69, 9.17) is 10.7 Å². The summed E-state index contributed by atoms with van der Waals surface area (Å²) in [5.41, 5.74) is 11.1. The molecule has 6 heteroatoms. The van der Waals surface area contributed by atoms with Gasteiger partial charge in [-0.05, 0) is 61.9 Å². The van der Waals surface area contributed by atoms with Gasteiger partial charge in [0.25, 0.3) is 5.91 Å². The Hall–Kier alpha value is -1.92. The Kier molecular flexibility index (Phi) is 4.71. The number of carbonyl (C=O) groups excluding carboxylic acids is 1. The maximum atomic E-state index is 12.8. The van der Waals surface area contributed by atoms with Crippen molar-refractivity contribution < 1.29 is 4.79 Å². The molecule has 3 N–H and O–H groups in total. The fourth-order valence-electron chi connectivity index (χ4n) is 3.43. The van der Waals surface area contributed by atoms with Crippen molar-refractivity contribution in [2.24, 2.45) is 0 Å². The summed E-state index contributed by atoms with van der Waals surface area (Å²) in [5, 5.41) is 3.89. The van der Waals surface area contributed by atoms with Crippen molar-refractivity contribution in [3.8, 4) is 0 Å². The van der Waals surface area contributed by atoms with E-state index >= 15 is 0 Å². The molecule has 1 amide bonds. The summed E-state index contributed by atoms with van der Waals surface area (Å²) in [6.45, 7) is 1.96. The second-order valence-electron chi connectivity index (χ2n) is 6.72. The number of aryl methyl sites for hydroxylation is 2. The third kappa shape index (κ3) is 3.12. The SMILES string of the molecule is Cc1c(Br)cccc1NC(=O)c1sc2nc3c(cc2c1N)CCCCC3. The number of hydrogen-bond donors (Lipinski definition) is 2. The quantitative estimate of drug-likeness (QED) is 0.530. The molecular formula is C20H20BrN3OS. The summed E-state index contributed by atoms with van der Waals surface area (Å²) >= 11 is 4.88. The highest BCUT2D eigenvalue weighted by atomic mass is 79.9. The van der Waals surface area contributed by atoms with Crippen LogP contribution in [0, 0.1) is 6.92 Å². The molecule has 0 saturated heterocycles. The minimum Gasteiger partial charge on any atom is -0.397 e. The average Bonchev–Trinajstić information content (AvgIpc) is 2.80. The van der Waals surface area contributed by atoms with Crippen molar-refractivity contribution >= 4 is 54.8 Å². The molecule has 1 aliphatic carbocycles. The average molecular weight is 430 g/mol. The Morgan fingerprint density at radius 1 is 1.27 bits per heavy atom. The molecule has 0 fully saturated rings. The zero-order chi connectivity index (χ0) is 18.3. The van der Waals surface area contributed by atoms with E-state index < -0.39 is 0 Å². The molecular weight excluding hydrogens is 410 g/mol. The van der Waals surface area contributed by atoms with Gasteiger partial charge in [0.15, 0.2) is 0 Å². The largest absolute Gasteiger partial charge is 0.397 e. The highest BCUT2D eigenvalue weighted by molar-refractivity contribution is 9.10. The van der Waals surface area contributed by atoms with Gasteiger partial charge in [0.05, 0.1) is 5.69 Å². The molecule has 26 heavy (non-hydrogen) atoms. The van der Waals surface area contributed by atoms with Crippen LogP contribution in [0.2, 0.25) is 0 Å². The number of halogens is 1. The van der Waals surface area contributed by atoms with Gasteiger partial charge in [-0.25, -0.2) is 4.98 Å². The lowest BCUT2D eigenvalue weighted by molar-refractivity contribution is 0.103. The lowest BCUT2D eigenvalue weighted by Crippen LogP contribution is -2.12. The topological polar surface area (TPSA) is 68.0 Å². The van der Waals surface area contributed by atoms with Crippen molar-refractivity contribution in [2.45, 2.75) is 39.0 Å². The van der Waals surface area contributed by atoms with Crippen molar-refractivity contribution in [3.63, 3.8) is 0 Å². The predicted octanol–water partition coefficient (Wildman–Crippen LogP) is 5.47. The molecule has 0 unspecified atom stereocenters. The molecule has 3 aromatic rings. The smallest absolute Gasteiger partial charge is 0.267 e. The van der Waals surface area contributed by atoms with Gasteiger partial charge in [0.2, 0.25) is 0 Å². The molecule has 0 atom stereocenters. The van der Waals surface area contributed by atoms with E-state index in [1.165, 1.54) is 41.9 Å². The van der Waals surface area contributed by atoms with E-state index in [0.717, 1.165) is 38.8 Å². The number of nitrogens with zero attached hydrogens (tertiary/aromatic N) is 1. The summed E-state index contributed by atoms with van der Waals surface area (Å²) in [6, 6.07) is 7.90. The van der Waals surface area contributed by atoms with Gasteiger partial charge in [0.1, 0.15) is 9.71 Å². The number of nitrogen functional groups attached to an aromatic ring is 1. The van der Waals surface area contributed by atoms with Gasteiger partial charge in [0, 0.05) is 21.2 Å². The molecule has 2 heterocycles. The van der Waals surface area contributed by atoms with Crippen molar-refractivity contribution in [3.05, 3.63) is 50.4 Å². The summed E-state index contributed by atoms with van der Waals surface area (Å²) in [7, 11) is 0. The maximum Gasteiger partial charge on any atom is 0.267 e. The van der Waals surface area contributed by atoms with Gasteiger partial charge in [-0.3, -0.25) is 4.79 Å². The lowest BCUT2D eigenvalue weighted by Gasteiger charge is -2.09. The van der Waals surface area contributed by atoms with E-state index in [0.29, 0.717) is 10.6 Å². The highest BCUT2D eigenvalue weighted by Crippen LogP contribution is 2.36. The van der Waals surface area contributed by atoms with Crippen LogP contribution < -0.4 is 11.1 Å². The van der Waals surface area contributed by atoms with Crippen LogP contribution in [-0.4, -0.2) is 10.9 Å². The Balaban J connectivity index is 1.71. The lowest BCUT2D eigenvalue weighted by atomic mass is 10.1. The van der Waals surface area contributed by atoms with Crippen LogP contribution in [0.25, 0.3) is 10.2 Å². The summed E-state index contributed by atoms with van der Waals surface area (Å²) in [4.78, 5) is 19.0. The summed E-state index contributed by atoms with van der Waals surface area (Å²) in [6.07, 6.45) is 5.69. The van der Waals surface area contributed by atoms with Crippen LogP contribution in [-0.2, 0) is 12.8 Å². The van der Waals surface area contributed by atoms with E-state index in [2.05, 4.69) is 27.3 Å². The first-order chi connectivity index (χ1) is 12.5. The number of hydrogen-bond acceptors (Lipinski definition) is 4. The van der Waals surface area contributed by atoms with Crippen LogP contribution in [0.1, 0.15) is 45.8 Å². The number of nitrogens with two attached hydrogens (primary N) is 1. The normalized spacial score (nSPS) is 14.1. The molecule has 2 aromatic heterocycles. The second-order valence-corrected chi connectivity index (χ2v) is 8.57. The molecule has 134 valence electrons. The van der Waals surface area contributed by atoms with Crippen LogP contribution in [0.3, 0.4) is 0 Å². The number of amides is 1. The zero-order valence-electron chi connectivity index (χ0n) is 14.6. The van der Waals surface area contributed by atoms with Gasteiger partial charge < -0.3 is 11.1 Å². The number of thiophene rings is 1. The summed E-state index contributed by atoms with van der Waals surface area (Å²) < 4.78 is 0.963. The maximum absolute atomic E-state index is 12.8. The minimum absolute atomic E-state index is 0.179. The molecule has 0 bridgehead atoms.